The van der Waals surface area contributed by atoms with E-state index in [0.29, 0.717) is 0 Å². The van der Waals surface area contributed by atoms with Gasteiger partial charge < -0.3 is 0 Å². The van der Waals surface area contributed by atoms with Gasteiger partial charge in [-0.25, -0.2) is 0 Å². The zero-order valence-corrected chi connectivity index (χ0v) is 9.76. The van der Waals surface area contributed by atoms with Crippen molar-refractivity contribution in [1.29, 1.82) is 0 Å². The maximum Gasteiger partial charge on any atom is 0.0775 e. The summed E-state index contributed by atoms with van der Waals surface area (Å²) in [5, 5.41) is 0. The predicted octanol–water partition coefficient (Wildman–Crippen LogP) is 4.16. The lowest BCUT2D eigenvalue weighted by Crippen LogP contribution is -1.57. The van der Waals surface area contributed by atoms with Crippen LogP contribution >= 0.6 is 22.7 Å². The smallest absolute Gasteiger partial charge is 0.0775 e. The summed E-state index contributed by atoms with van der Waals surface area (Å²) in [4.78, 5) is 5.17. The summed E-state index contributed by atoms with van der Waals surface area (Å²) in [6.07, 6.45) is 0. The predicted molar refractivity (Wildman–Crippen MR) is 64.9 cm³/mol. The highest BCUT2D eigenvalue weighted by Gasteiger charge is 2.03. The first kappa shape index (κ1) is 9.51. The van der Waals surface area contributed by atoms with Gasteiger partial charge in [-0.05, 0) is 38.1 Å². The molecule has 0 radical (unpaired) electrons. The van der Waals surface area contributed by atoms with Crippen molar-refractivity contribution in [3.63, 3.8) is 0 Å². The van der Waals surface area contributed by atoms with Gasteiger partial charge >= 0.3 is 0 Å². The molecule has 2 heteroatoms. The van der Waals surface area contributed by atoms with Crippen molar-refractivity contribution in [2.75, 3.05) is 0 Å². The first-order valence-electron chi connectivity index (χ1n) is 4.39. The Labute approximate surface area is 92.2 Å². The molecule has 0 unspecified atom stereocenters. The molecule has 2 rings (SSSR count). The van der Waals surface area contributed by atoms with Crippen LogP contribution in [0.5, 0.6) is 0 Å². The van der Waals surface area contributed by atoms with Crippen molar-refractivity contribution in [2.45, 2.75) is 13.8 Å². The van der Waals surface area contributed by atoms with Gasteiger partial charge in [-0.1, -0.05) is 5.92 Å². The van der Waals surface area contributed by atoms with Crippen molar-refractivity contribution in [3.05, 3.63) is 34.0 Å². The van der Waals surface area contributed by atoms with E-state index in [2.05, 4.69) is 43.0 Å². The van der Waals surface area contributed by atoms with Gasteiger partial charge in [0.15, 0.2) is 0 Å². The van der Waals surface area contributed by atoms with Gasteiger partial charge in [0.05, 0.1) is 4.88 Å². The van der Waals surface area contributed by atoms with Gasteiger partial charge in [-0.3, -0.25) is 0 Å². The van der Waals surface area contributed by atoms with Gasteiger partial charge in [0.1, 0.15) is 0 Å². The number of aryl methyl sites for hydroxylation is 1. The van der Waals surface area contributed by atoms with Crippen molar-refractivity contribution < 1.29 is 0 Å². The molecule has 0 amide bonds. The topological polar surface area (TPSA) is 0 Å². The average molecular weight is 218 g/mol. The third kappa shape index (κ3) is 1.89. The minimum Gasteiger partial charge on any atom is -0.140 e. The molecule has 2 heterocycles. The van der Waals surface area contributed by atoms with Crippen LogP contribution in [0.15, 0.2) is 24.3 Å². The van der Waals surface area contributed by atoms with E-state index in [1.165, 1.54) is 14.6 Å². The highest BCUT2D eigenvalue weighted by molar-refractivity contribution is 7.22. The molecule has 2 aromatic rings. The second-order valence-corrected chi connectivity index (χ2v) is 5.32. The first-order valence-corrected chi connectivity index (χ1v) is 6.02. The fourth-order valence-electron chi connectivity index (χ4n) is 1.23. The summed E-state index contributed by atoms with van der Waals surface area (Å²) in [5.74, 6) is 6.00. The molecule has 0 saturated carbocycles. The zero-order chi connectivity index (χ0) is 9.97. The highest BCUT2D eigenvalue weighted by atomic mass is 32.1. The van der Waals surface area contributed by atoms with Crippen LogP contribution in [-0.2, 0) is 0 Å². The molecule has 0 saturated heterocycles. The van der Waals surface area contributed by atoms with Crippen LogP contribution < -0.4 is 0 Å². The third-order valence-corrected chi connectivity index (χ3v) is 4.03. The van der Waals surface area contributed by atoms with E-state index in [1.807, 2.05) is 18.3 Å². The molecule has 0 N–H and O–H groups in total. The number of hydrogen-bond acceptors (Lipinski definition) is 2. The zero-order valence-electron chi connectivity index (χ0n) is 8.13. The molecule has 0 fully saturated rings. The Bertz CT molecular complexity index is 492. The summed E-state index contributed by atoms with van der Waals surface area (Å²) in [5.41, 5.74) is 0. The van der Waals surface area contributed by atoms with Crippen LogP contribution in [0.25, 0.3) is 9.75 Å². The van der Waals surface area contributed by atoms with Gasteiger partial charge in [0.2, 0.25) is 0 Å². The Morgan fingerprint density at radius 2 is 1.71 bits per heavy atom. The number of thiophene rings is 2. The highest BCUT2D eigenvalue weighted by Crippen LogP contribution is 2.32. The normalized spacial score (nSPS) is 9.57. The van der Waals surface area contributed by atoms with E-state index >= 15 is 0 Å². The van der Waals surface area contributed by atoms with Crippen LogP contribution in [0.1, 0.15) is 16.7 Å². The van der Waals surface area contributed by atoms with Crippen LogP contribution in [0, 0.1) is 18.8 Å². The van der Waals surface area contributed by atoms with Crippen molar-refractivity contribution in [1.82, 2.24) is 0 Å². The monoisotopic (exact) mass is 218 g/mol. The van der Waals surface area contributed by atoms with Gasteiger partial charge in [-0.2, -0.15) is 0 Å². The Kier molecular flexibility index (Phi) is 2.72. The summed E-state index contributed by atoms with van der Waals surface area (Å²) in [6.45, 7) is 4.00. The molecule has 70 valence electrons. The summed E-state index contributed by atoms with van der Waals surface area (Å²) < 4.78 is 0. The maximum atomic E-state index is 3.08. The summed E-state index contributed by atoms with van der Waals surface area (Å²) in [7, 11) is 0. The van der Waals surface area contributed by atoms with Crippen molar-refractivity contribution in [2.24, 2.45) is 0 Å². The lowest BCUT2D eigenvalue weighted by Gasteiger charge is -1.86. The van der Waals surface area contributed by atoms with E-state index < -0.39 is 0 Å². The SMILES string of the molecule is CC#Cc1ccc(-c2ccc(C)s2)s1. The van der Waals surface area contributed by atoms with Crippen molar-refractivity contribution >= 4 is 22.7 Å². The van der Waals surface area contributed by atoms with Crippen molar-refractivity contribution in [3.8, 4) is 21.6 Å². The summed E-state index contributed by atoms with van der Waals surface area (Å²) in [6, 6.07) is 8.57. The molecule has 0 aliphatic heterocycles. The lowest BCUT2D eigenvalue weighted by atomic mass is 10.3. The quantitative estimate of drug-likeness (QED) is 0.631. The van der Waals surface area contributed by atoms with E-state index in [9.17, 15) is 0 Å². The Morgan fingerprint density at radius 1 is 1.00 bits per heavy atom. The number of rotatable bonds is 1. The second-order valence-electron chi connectivity index (χ2n) is 2.95. The summed E-state index contributed by atoms with van der Waals surface area (Å²) >= 11 is 3.60. The standard InChI is InChI=1S/C12H10S2/c1-3-4-10-6-8-12(14-10)11-7-5-9(2)13-11/h5-8H,1-2H3. The van der Waals surface area contributed by atoms with Crippen LogP contribution in [0.2, 0.25) is 0 Å². The fraction of sp³-hybridized carbons (Fsp3) is 0.167. The average Bonchev–Trinajstić information content (AvgIpc) is 2.74. The molecule has 2 aromatic heterocycles. The minimum absolute atomic E-state index is 1.15. The molecule has 0 aliphatic rings. The van der Waals surface area contributed by atoms with E-state index in [1.54, 1.807) is 11.3 Å². The Hall–Kier alpha value is -1.04. The fourth-order valence-corrected chi connectivity index (χ4v) is 3.10. The molecule has 0 atom stereocenters. The van der Waals surface area contributed by atoms with Gasteiger partial charge in [0, 0.05) is 14.6 Å². The van der Waals surface area contributed by atoms with E-state index in [0.717, 1.165) is 4.88 Å². The molecule has 0 bridgehead atoms. The maximum absolute atomic E-state index is 3.08. The Balaban J connectivity index is 2.36. The molecular weight excluding hydrogens is 208 g/mol. The van der Waals surface area contributed by atoms with Crippen LogP contribution in [0.3, 0.4) is 0 Å². The third-order valence-electron chi connectivity index (χ3n) is 1.84. The Morgan fingerprint density at radius 3 is 2.36 bits per heavy atom. The largest absolute Gasteiger partial charge is 0.140 e. The van der Waals surface area contributed by atoms with E-state index in [4.69, 9.17) is 0 Å². The molecule has 0 aromatic carbocycles. The molecule has 0 aliphatic carbocycles. The van der Waals surface area contributed by atoms with Crippen LogP contribution in [0.4, 0.5) is 0 Å². The number of hydrogen-bond donors (Lipinski definition) is 0. The molecule has 0 nitrogen and oxygen atoms in total. The molecular formula is C12H10S2. The molecule has 14 heavy (non-hydrogen) atoms. The molecule has 0 spiro atoms. The van der Waals surface area contributed by atoms with Crippen LogP contribution in [-0.4, -0.2) is 0 Å². The first-order chi connectivity index (χ1) is 6.79. The second kappa shape index (κ2) is 4.00. The van der Waals surface area contributed by atoms with Gasteiger partial charge in [-0.15, -0.1) is 28.6 Å². The lowest BCUT2D eigenvalue weighted by molar-refractivity contribution is 1.64. The van der Waals surface area contributed by atoms with E-state index in [-0.39, 0.29) is 0 Å². The minimum atomic E-state index is 1.15. The van der Waals surface area contributed by atoms with Gasteiger partial charge in [0.25, 0.3) is 0 Å².